The minimum absolute atomic E-state index is 0. The predicted octanol–water partition coefficient (Wildman–Crippen LogP) is 17.7. The topological polar surface area (TPSA) is 50.9 Å². The first-order valence-corrected chi connectivity index (χ1v) is 22.1. The number of phenols is 1. The van der Waals surface area contributed by atoms with E-state index in [1.54, 1.807) is 59.7 Å². The van der Waals surface area contributed by atoms with Crippen molar-refractivity contribution in [2.24, 2.45) is 5.41 Å². The third-order valence-corrected chi connectivity index (χ3v) is 11.7. The zero-order valence-electron chi connectivity index (χ0n) is 72.2. The smallest absolute Gasteiger partial charge is 0.148 e. The van der Waals surface area contributed by atoms with E-state index in [9.17, 15) is 9.22 Å². The van der Waals surface area contributed by atoms with E-state index in [4.69, 9.17) is 44.7 Å². The fourth-order valence-corrected chi connectivity index (χ4v) is 8.15. The normalized spacial score (nSPS) is 21.0. The van der Waals surface area contributed by atoms with Crippen LogP contribution in [0.25, 0.3) is 72.7 Å². The van der Waals surface area contributed by atoms with Crippen LogP contribution in [0.15, 0.2) is 121 Å². The van der Waals surface area contributed by atoms with Gasteiger partial charge in [-0.15, -0.1) is 29.3 Å². The summed E-state index contributed by atoms with van der Waals surface area (Å²) in [5, 5.41) is 13.2. The van der Waals surface area contributed by atoms with Gasteiger partial charge in [-0.1, -0.05) is 193 Å². The molecule has 0 radical (unpaired) electrons. The van der Waals surface area contributed by atoms with Gasteiger partial charge in [0.05, 0.1) is 30.5 Å². The standard InChI is InChI=1S/C65H74N3O.Pt/c1-40-30-42(38-61(3,4)5)26-28-49(40)51-37-55(66-39-41(51)2)45-31-44(32-47(33-45)63(9,10)11)50-24-21-25-57-58(50)67-60(53-35-48(64(12,13)14)36-54(59(53)69)65(15,16)17)68(57)56-29-27-46(62(6,7)8)34-52(56)43-22-19-18-20-23-43;/h18-30,32-37,39,69H,38H2,1-17H3;/q-1;/i1D3,2D3,12D3,13D3,14D3,15D3,16D3,17D3,18D,19D,20D,22D,23D,28D,38D2;. The van der Waals surface area contributed by atoms with Gasteiger partial charge in [0, 0.05) is 79.7 Å². The van der Waals surface area contributed by atoms with Crippen molar-refractivity contribution < 1.29 is 70.0 Å². The van der Waals surface area contributed by atoms with Gasteiger partial charge >= 0.3 is 0 Å². The van der Waals surface area contributed by atoms with Gasteiger partial charge in [-0.25, -0.2) is 4.98 Å². The second-order valence-corrected chi connectivity index (χ2v) is 20.5. The number of benzene rings is 6. The minimum atomic E-state index is -4.36. The van der Waals surface area contributed by atoms with Crippen LogP contribution in [0.5, 0.6) is 5.75 Å². The molecule has 0 aliphatic carbocycles. The van der Waals surface area contributed by atoms with Gasteiger partial charge in [-0.05, 0) is 116 Å². The van der Waals surface area contributed by atoms with Gasteiger partial charge in [0.15, 0.2) is 0 Å². The molecule has 6 aromatic carbocycles. The molecule has 8 rings (SSSR count). The van der Waals surface area contributed by atoms with E-state index in [1.165, 1.54) is 36.4 Å². The predicted molar refractivity (Wildman–Crippen MR) is 294 cm³/mol. The second-order valence-electron chi connectivity index (χ2n) is 20.5. The average Bonchev–Trinajstić information content (AvgIpc) is 0.840. The van der Waals surface area contributed by atoms with Crippen molar-refractivity contribution in [3.05, 3.63) is 166 Å². The number of phenolic OH excluding ortho intramolecular Hbond substituents is 1. The number of fused-ring (bicyclic) bond motifs is 1. The number of aromatic nitrogens is 3. The number of nitrogens with zero attached hydrogens (tertiary/aromatic N) is 3. The summed E-state index contributed by atoms with van der Waals surface area (Å²) < 4.78 is 285. The molecular formula is C65H74N3OPt-. The fourth-order valence-electron chi connectivity index (χ4n) is 8.15. The molecule has 70 heavy (non-hydrogen) atoms. The van der Waals surface area contributed by atoms with Gasteiger partial charge in [0.1, 0.15) is 11.6 Å². The maximum absolute atomic E-state index is 13.2. The molecule has 0 aliphatic rings. The first kappa shape index (κ1) is 24.7. The molecule has 5 heteroatoms. The van der Waals surface area contributed by atoms with Crippen molar-refractivity contribution >= 4 is 11.0 Å². The van der Waals surface area contributed by atoms with Crippen LogP contribution >= 0.6 is 0 Å². The summed E-state index contributed by atoms with van der Waals surface area (Å²) in [7, 11) is 0. The number of rotatable bonds is 7. The molecule has 1 N–H and O–H groups in total. The Morgan fingerprint density at radius 3 is 1.96 bits per heavy atom. The Bertz CT molecular complexity index is 4490. The summed E-state index contributed by atoms with van der Waals surface area (Å²) in [5.74, 6) is -2.42. The Morgan fingerprint density at radius 2 is 1.30 bits per heavy atom. The third-order valence-electron chi connectivity index (χ3n) is 11.7. The fraction of sp³-hybridized carbons (Fsp3) is 0.354. The van der Waals surface area contributed by atoms with Crippen LogP contribution in [-0.4, -0.2) is 19.6 Å². The molecule has 0 unspecified atom stereocenters. The SMILES string of the molecule is [2H]c1cc(C([2H])([2H])C(C)(C)C)cc(C([2H])([2H])[2H])c1-c1cc(-c2[c-]c(-c3cccc4c3nc(-c3cc(C(C([2H])([2H])[2H])(C([2H])([2H])[2H])C([2H])([2H])[2H])cc(C(C([2H])([2H])[2H])(C([2H])([2H])[2H])C([2H])([2H])[2H])c3O)n4-c3ccc(C(C)(C)C)cc3-c3c([2H])c([2H])c([2H])c([2H])c3[2H])cc(C(C)(C)C)c2)ncc1C([2H])([2H])[2H].[Pt]. The molecule has 0 amide bonds. The molecule has 0 atom stereocenters. The summed E-state index contributed by atoms with van der Waals surface area (Å²) in [6, 6.07) is 14.9. The van der Waals surface area contributed by atoms with E-state index in [1.807, 2.05) is 20.8 Å². The van der Waals surface area contributed by atoms with Crippen LogP contribution in [-0.2, 0) is 49.1 Å². The number of pyridine rings is 1. The first-order valence-electron chi connectivity index (χ1n) is 38.1. The monoisotopic (exact) mass is 1140 g/mol. The van der Waals surface area contributed by atoms with Crippen molar-refractivity contribution in [2.75, 3.05) is 0 Å². The molecule has 0 saturated heterocycles. The molecule has 2 heterocycles. The number of hydrogen-bond acceptors (Lipinski definition) is 3. The summed E-state index contributed by atoms with van der Waals surface area (Å²) in [4.78, 5) is 9.63. The van der Waals surface area contributed by atoms with Crippen LogP contribution < -0.4 is 0 Å². The van der Waals surface area contributed by atoms with Crippen molar-refractivity contribution in [3.63, 3.8) is 0 Å². The Labute approximate surface area is 479 Å². The molecule has 0 saturated carbocycles. The second kappa shape index (κ2) is 18.9. The van der Waals surface area contributed by atoms with Crippen LogP contribution in [0.4, 0.5) is 0 Å². The Balaban J connectivity index is 0.0000146. The van der Waals surface area contributed by atoms with Crippen molar-refractivity contribution in [2.45, 2.75) is 145 Å². The number of imidazole rings is 1. The zero-order chi connectivity index (χ0) is 77.2. The van der Waals surface area contributed by atoms with Gasteiger partial charge in [-0.2, -0.15) is 0 Å². The van der Waals surface area contributed by atoms with Crippen LogP contribution in [0, 0.1) is 25.2 Å². The van der Waals surface area contributed by atoms with Gasteiger partial charge in [0.2, 0.25) is 0 Å². The van der Waals surface area contributed by atoms with E-state index in [0.29, 0.717) is 17.2 Å². The number of aryl methyl sites for hydroxylation is 2. The van der Waals surface area contributed by atoms with Crippen LogP contribution in [0.1, 0.15) is 186 Å². The molecule has 0 fully saturated rings. The largest absolute Gasteiger partial charge is 0.507 e. The van der Waals surface area contributed by atoms with E-state index in [0.717, 1.165) is 22.9 Å². The summed E-state index contributed by atoms with van der Waals surface area (Å²) in [6.45, 7) is -16.2. The van der Waals surface area contributed by atoms with Crippen molar-refractivity contribution in [1.82, 2.24) is 14.5 Å². The molecule has 0 aliphatic heterocycles. The van der Waals surface area contributed by atoms with E-state index < -0.39 is 169 Å². The quantitative estimate of drug-likeness (QED) is 0.162. The third kappa shape index (κ3) is 10.7. The van der Waals surface area contributed by atoms with Gasteiger partial charge in [-0.3, -0.25) is 9.55 Å². The van der Waals surface area contributed by atoms with Gasteiger partial charge < -0.3 is 5.11 Å². The Morgan fingerprint density at radius 1 is 0.629 bits per heavy atom. The minimum Gasteiger partial charge on any atom is -0.507 e. The molecule has 0 bridgehead atoms. The molecular weight excluding hydrogens is 1030 g/mol. The Hall–Kier alpha value is -5.57. The summed E-state index contributed by atoms with van der Waals surface area (Å²) in [6.07, 6.45) is -1.23. The van der Waals surface area contributed by atoms with E-state index in [-0.39, 0.29) is 88.5 Å². The Kier molecular flexibility index (Phi) is 6.66. The van der Waals surface area contributed by atoms with Crippen molar-refractivity contribution in [1.29, 1.82) is 0 Å². The maximum Gasteiger partial charge on any atom is 0.148 e. The van der Waals surface area contributed by atoms with Gasteiger partial charge in [0.25, 0.3) is 0 Å². The zero-order valence-corrected chi connectivity index (χ0v) is 42.5. The van der Waals surface area contributed by atoms with Crippen LogP contribution in [0.3, 0.4) is 0 Å². The first-order chi connectivity index (χ1) is 45.3. The van der Waals surface area contributed by atoms with Crippen LogP contribution in [0.2, 0.25) is 0 Å². The van der Waals surface area contributed by atoms with Crippen molar-refractivity contribution in [3.8, 4) is 67.5 Å². The molecule has 2 aromatic heterocycles. The van der Waals surface area contributed by atoms with E-state index >= 15 is 0 Å². The summed E-state index contributed by atoms with van der Waals surface area (Å²) in [5.41, 5.74) is -17.7. The average molecular weight is 1140 g/mol. The molecule has 0 spiro atoms. The number of hydrogen-bond donors (Lipinski definition) is 1. The number of para-hydroxylation sites is 1. The molecule has 8 aromatic rings. The summed E-state index contributed by atoms with van der Waals surface area (Å²) >= 11 is 0. The molecule has 366 valence electrons. The maximum atomic E-state index is 13.2. The van der Waals surface area contributed by atoms with E-state index in [2.05, 4.69) is 11.1 Å². The molecule has 4 nitrogen and oxygen atoms in total. The number of aromatic hydroxyl groups is 1.